The molecule has 0 aromatic heterocycles. The number of carboxylic acids is 1. The molecule has 0 fully saturated rings. The van der Waals surface area contributed by atoms with Crippen LogP contribution in [0.15, 0.2) is 0 Å². The van der Waals surface area contributed by atoms with E-state index in [2.05, 4.69) is 0 Å². The number of carboxylic acid groups (broad SMARTS) is 1. The van der Waals surface area contributed by atoms with E-state index in [1.807, 2.05) is 0 Å². The Hall–Kier alpha value is -0.408. The average Bonchev–Trinajstić information content (AvgIpc) is 2.17. The molecule has 0 aromatic rings. The maximum absolute atomic E-state index is 10.9. The predicted molar refractivity (Wildman–Crippen MR) is 74.7 cm³/mol. The van der Waals surface area contributed by atoms with Crippen molar-refractivity contribution in [2.75, 3.05) is 0 Å². The summed E-state index contributed by atoms with van der Waals surface area (Å²) in [4.78, 5) is 21.5. The third-order valence-electron chi connectivity index (χ3n) is 2.27. The molecule has 5 nitrogen and oxygen atoms in total. The fraction of sp³-hybridized carbons (Fsp3) is 0.857. The molecule has 6 heteroatoms. The smallest absolute Gasteiger partial charge is 0.852 e. The molecular weight excluding hydrogens is 275 g/mol. The normalized spacial score (nSPS) is 9.75. The quantitative estimate of drug-likeness (QED) is 0.502. The Labute approximate surface area is 133 Å². The summed E-state index contributed by atoms with van der Waals surface area (Å²) in [7, 11) is 0. The van der Waals surface area contributed by atoms with Crippen molar-refractivity contribution >= 4 is 29.1 Å². The maximum atomic E-state index is 10.9. The second-order valence-corrected chi connectivity index (χ2v) is 4.73. The van der Waals surface area contributed by atoms with Crippen molar-refractivity contribution in [2.45, 2.75) is 73.5 Å². The average molecular weight is 302 g/mol. The first-order chi connectivity index (χ1) is 8.47. The van der Waals surface area contributed by atoms with Crippen LogP contribution in [0.1, 0.15) is 61.3 Å². The summed E-state index contributed by atoms with van der Waals surface area (Å²) in [5.74, 6) is -1.57. The standard InChI is InChI=1S/C8H14O3.2C3H7O.Al/c1-4-8(5-2,6(3)9)7(10)11;2*1-3(2)4;/h4-5H2,1-3H3,(H,10,11);2*3H,1-2H3;/q;2*-1;+3/p-1. The van der Waals surface area contributed by atoms with Gasteiger partial charge in [0.25, 0.3) is 0 Å². The van der Waals surface area contributed by atoms with Crippen LogP contribution in [-0.4, -0.2) is 41.3 Å². The second kappa shape index (κ2) is 15.0. The molecule has 20 heavy (non-hydrogen) atoms. The van der Waals surface area contributed by atoms with Gasteiger partial charge in [-0.1, -0.05) is 41.5 Å². The number of Topliss-reactive ketones (excluding diaryl/α,β-unsaturated/α-hetero) is 1. The summed E-state index contributed by atoms with van der Waals surface area (Å²) >= 11 is 0. The summed E-state index contributed by atoms with van der Waals surface area (Å²) in [5, 5.41) is 29.6. The number of carbonyl (C=O) groups excluding carboxylic acids is 2. The number of aliphatic carboxylic acids is 1. The third kappa shape index (κ3) is 15.6. The molecule has 0 bridgehead atoms. The van der Waals surface area contributed by atoms with Crippen molar-refractivity contribution < 1.29 is 24.9 Å². The molecule has 0 atom stereocenters. The molecule has 116 valence electrons. The van der Waals surface area contributed by atoms with Crippen LogP contribution >= 0.6 is 0 Å². The van der Waals surface area contributed by atoms with Crippen LogP contribution in [0.4, 0.5) is 0 Å². The Morgan fingerprint density at radius 3 is 1.15 bits per heavy atom. The van der Waals surface area contributed by atoms with Crippen molar-refractivity contribution in [2.24, 2.45) is 5.41 Å². The molecule has 0 aliphatic rings. The van der Waals surface area contributed by atoms with E-state index < -0.39 is 23.6 Å². The minimum atomic E-state index is -1.25. The van der Waals surface area contributed by atoms with Crippen LogP contribution in [-0.2, 0) is 9.59 Å². The second-order valence-electron chi connectivity index (χ2n) is 4.73. The van der Waals surface area contributed by atoms with E-state index in [4.69, 9.17) is 0 Å². The fourth-order valence-electron chi connectivity index (χ4n) is 1.18. The number of hydrogen-bond acceptors (Lipinski definition) is 5. The third-order valence-corrected chi connectivity index (χ3v) is 2.27. The van der Waals surface area contributed by atoms with E-state index in [0.717, 1.165) is 0 Å². The van der Waals surface area contributed by atoms with Gasteiger partial charge in [0, 0.05) is 0 Å². The van der Waals surface area contributed by atoms with E-state index in [-0.39, 0.29) is 23.1 Å². The van der Waals surface area contributed by atoms with Gasteiger partial charge in [-0.3, -0.25) is 4.79 Å². The molecule has 0 radical (unpaired) electrons. The molecule has 0 N–H and O–H groups in total. The van der Waals surface area contributed by atoms with Gasteiger partial charge in [-0.15, -0.1) is 12.2 Å². The van der Waals surface area contributed by atoms with Crippen LogP contribution in [0.5, 0.6) is 0 Å². The van der Waals surface area contributed by atoms with Crippen molar-refractivity contribution in [1.29, 1.82) is 0 Å². The Kier molecular flexibility index (Phi) is 20.9. The maximum Gasteiger partial charge on any atom is 3.00 e. The summed E-state index contributed by atoms with van der Waals surface area (Å²) in [6.07, 6.45) is -0.220. The topological polar surface area (TPSA) is 103 Å². The minimum absolute atomic E-state index is 0. The number of rotatable bonds is 4. The Balaban J connectivity index is -0.000000119. The van der Waals surface area contributed by atoms with Gasteiger partial charge < -0.3 is 20.1 Å². The number of ketones is 1. The Morgan fingerprint density at radius 2 is 1.15 bits per heavy atom. The fourth-order valence-corrected chi connectivity index (χ4v) is 1.18. The monoisotopic (exact) mass is 302 g/mol. The largest absolute Gasteiger partial charge is 3.00 e. The van der Waals surface area contributed by atoms with E-state index in [0.29, 0.717) is 12.8 Å². The van der Waals surface area contributed by atoms with E-state index in [9.17, 15) is 24.9 Å². The van der Waals surface area contributed by atoms with Gasteiger partial charge in [-0.25, -0.2) is 0 Å². The zero-order valence-electron chi connectivity index (χ0n) is 13.7. The van der Waals surface area contributed by atoms with Crippen molar-refractivity contribution in [3.05, 3.63) is 0 Å². The molecule has 0 spiro atoms. The molecule has 0 saturated heterocycles. The molecule has 0 saturated carbocycles. The first-order valence-electron chi connectivity index (χ1n) is 6.51. The molecule has 0 unspecified atom stereocenters. The summed E-state index contributed by atoms with van der Waals surface area (Å²) in [6.45, 7) is 11.1. The Bertz CT molecular complexity index is 220. The van der Waals surface area contributed by atoms with E-state index in [1.54, 1.807) is 41.5 Å². The molecule has 0 aliphatic heterocycles. The molecule has 0 aromatic carbocycles. The Morgan fingerprint density at radius 1 is 0.950 bits per heavy atom. The predicted octanol–water partition coefficient (Wildman–Crippen LogP) is -0.739. The van der Waals surface area contributed by atoms with E-state index in [1.165, 1.54) is 6.92 Å². The van der Waals surface area contributed by atoms with Crippen molar-refractivity contribution in [1.82, 2.24) is 0 Å². The molecule has 0 amide bonds. The van der Waals surface area contributed by atoms with Crippen LogP contribution < -0.4 is 15.3 Å². The zero-order valence-corrected chi connectivity index (χ0v) is 14.8. The zero-order chi connectivity index (χ0) is 16.2. The SMILES string of the molecule is CC(C)[O-].CC(C)[O-].CCC(CC)(C(C)=O)C(=O)[O-].[Al+3]. The first kappa shape index (κ1) is 27.9. The molecular formula is C14H27AlO5. The van der Waals surface area contributed by atoms with Crippen LogP contribution in [0.2, 0.25) is 0 Å². The molecule has 0 aliphatic carbocycles. The number of carbonyl (C=O) groups is 2. The minimum Gasteiger partial charge on any atom is -0.852 e. The van der Waals surface area contributed by atoms with Gasteiger partial charge >= 0.3 is 17.4 Å². The van der Waals surface area contributed by atoms with Crippen LogP contribution in [0.3, 0.4) is 0 Å². The molecule has 0 rings (SSSR count). The van der Waals surface area contributed by atoms with E-state index >= 15 is 0 Å². The van der Waals surface area contributed by atoms with Crippen LogP contribution in [0, 0.1) is 5.41 Å². The van der Waals surface area contributed by atoms with Gasteiger partial charge in [0.2, 0.25) is 0 Å². The number of hydrogen-bond donors (Lipinski definition) is 0. The summed E-state index contributed by atoms with van der Waals surface area (Å²) < 4.78 is 0. The van der Waals surface area contributed by atoms with Gasteiger partial charge in [-0.2, -0.15) is 0 Å². The van der Waals surface area contributed by atoms with Gasteiger partial charge in [0.1, 0.15) is 5.78 Å². The molecule has 0 heterocycles. The van der Waals surface area contributed by atoms with Crippen LogP contribution in [0.25, 0.3) is 0 Å². The van der Waals surface area contributed by atoms with Gasteiger partial charge in [0.15, 0.2) is 0 Å². The van der Waals surface area contributed by atoms with Gasteiger partial charge in [-0.05, 0) is 19.8 Å². The van der Waals surface area contributed by atoms with Crippen molar-refractivity contribution in [3.63, 3.8) is 0 Å². The van der Waals surface area contributed by atoms with Gasteiger partial charge in [0.05, 0.1) is 11.4 Å². The first-order valence-corrected chi connectivity index (χ1v) is 6.51. The summed E-state index contributed by atoms with van der Waals surface area (Å²) in [5.41, 5.74) is -1.25. The van der Waals surface area contributed by atoms with Crippen molar-refractivity contribution in [3.8, 4) is 0 Å². The summed E-state index contributed by atoms with van der Waals surface area (Å²) in [6, 6.07) is 0.